The largest absolute Gasteiger partial charge is 0.356 e. The van der Waals surface area contributed by atoms with Crippen LogP contribution in [0.25, 0.3) is 0 Å². The fourth-order valence-corrected chi connectivity index (χ4v) is 3.83. The number of nitrogens with zero attached hydrogens (tertiary/aromatic N) is 2. The number of thioether (sulfide) groups is 1. The number of rotatable bonds is 5. The molecule has 0 aromatic heterocycles. The third-order valence-corrected chi connectivity index (χ3v) is 5.33. The first-order valence-electron chi connectivity index (χ1n) is 6.86. The molecule has 0 spiro atoms. The first kappa shape index (κ1) is 17.4. The quantitative estimate of drug-likeness (QED) is 0.420. The van der Waals surface area contributed by atoms with Crippen LogP contribution in [0.2, 0.25) is 0 Å². The van der Waals surface area contributed by atoms with Crippen LogP contribution in [0.15, 0.2) is 4.99 Å². The molecule has 2 aliphatic rings. The summed E-state index contributed by atoms with van der Waals surface area (Å²) in [5.74, 6) is 4.33. The monoisotopic (exact) mass is 398 g/mol. The number of guanidine groups is 1. The number of halogens is 1. The van der Waals surface area contributed by atoms with Crippen LogP contribution in [0.5, 0.6) is 0 Å². The van der Waals surface area contributed by atoms with Crippen molar-refractivity contribution in [3.8, 4) is 0 Å². The van der Waals surface area contributed by atoms with E-state index >= 15 is 0 Å². The SMILES string of the molecule is CN=C(NCC1CC1)NCC1(N(C)C)CCSC1.I. The van der Waals surface area contributed by atoms with Gasteiger partial charge in [0.1, 0.15) is 0 Å². The van der Waals surface area contributed by atoms with E-state index in [4.69, 9.17) is 0 Å². The average molecular weight is 398 g/mol. The van der Waals surface area contributed by atoms with Crippen LogP contribution in [-0.2, 0) is 0 Å². The molecule has 0 aromatic rings. The minimum Gasteiger partial charge on any atom is -0.356 e. The Labute approximate surface area is 138 Å². The van der Waals surface area contributed by atoms with Crippen molar-refractivity contribution in [2.75, 3.05) is 45.7 Å². The molecule has 2 rings (SSSR count). The van der Waals surface area contributed by atoms with E-state index in [9.17, 15) is 0 Å². The van der Waals surface area contributed by atoms with Gasteiger partial charge in [0.05, 0.1) is 0 Å². The third kappa shape index (κ3) is 4.97. The van der Waals surface area contributed by atoms with E-state index < -0.39 is 0 Å². The van der Waals surface area contributed by atoms with Crippen LogP contribution in [0, 0.1) is 5.92 Å². The first-order chi connectivity index (χ1) is 8.66. The molecule has 1 saturated heterocycles. The van der Waals surface area contributed by atoms with Gasteiger partial charge < -0.3 is 15.5 Å². The zero-order chi connectivity index (χ0) is 13.0. The van der Waals surface area contributed by atoms with Gasteiger partial charge in [0.15, 0.2) is 5.96 Å². The number of hydrogen-bond donors (Lipinski definition) is 2. The molecule has 112 valence electrons. The fraction of sp³-hybridized carbons (Fsp3) is 0.923. The lowest BCUT2D eigenvalue weighted by molar-refractivity contribution is 0.183. The van der Waals surface area contributed by atoms with E-state index in [1.54, 1.807) is 0 Å². The summed E-state index contributed by atoms with van der Waals surface area (Å²) in [5.41, 5.74) is 0.294. The predicted octanol–water partition coefficient (Wildman–Crippen LogP) is 1.62. The van der Waals surface area contributed by atoms with E-state index in [-0.39, 0.29) is 24.0 Å². The van der Waals surface area contributed by atoms with Gasteiger partial charge in [-0.2, -0.15) is 11.8 Å². The molecule has 1 unspecified atom stereocenters. The molecule has 1 aliphatic carbocycles. The molecule has 1 heterocycles. The van der Waals surface area contributed by atoms with Gasteiger partial charge >= 0.3 is 0 Å². The zero-order valence-electron chi connectivity index (χ0n) is 12.2. The maximum Gasteiger partial charge on any atom is 0.191 e. The second kappa shape index (κ2) is 7.93. The van der Waals surface area contributed by atoms with E-state index in [0.717, 1.165) is 25.0 Å². The molecule has 4 nitrogen and oxygen atoms in total. The lowest BCUT2D eigenvalue weighted by Gasteiger charge is -2.36. The Kier molecular flexibility index (Phi) is 7.24. The highest BCUT2D eigenvalue weighted by atomic mass is 127. The smallest absolute Gasteiger partial charge is 0.191 e. The minimum absolute atomic E-state index is 0. The summed E-state index contributed by atoms with van der Waals surface area (Å²) >= 11 is 2.05. The van der Waals surface area contributed by atoms with Crippen molar-refractivity contribution >= 4 is 41.7 Å². The summed E-state index contributed by atoms with van der Waals surface area (Å²) in [6.07, 6.45) is 4.02. The highest BCUT2D eigenvalue weighted by Gasteiger charge is 2.36. The molecular weight excluding hydrogens is 371 g/mol. The highest BCUT2D eigenvalue weighted by molar-refractivity contribution is 14.0. The van der Waals surface area contributed by atoms with E-state index in [1.165, 1.54) is 30.8 Å². The molecule has 2 fully saturated rings. The Morgan fingerprint density at radius 3 is 2.58 bits per heavy atom. The Hall–Kier alpha value is 0.310. The van der Waals surface area contributed by atoms with Gasteiger partial charge in [-0.05, 0) is 45.0 Å². The molecule has 6 heteroatoms. The highest BCUT2D eigenvalue weighted by Crippen LogP contribution is 2.31. The molecule has 0 aromatic carbocycles. The maximum atomic E-state index is 4.31. The molecule has 0 radical (unpaired) electrons. The fourth-order valence-electron chi connectivity index (χ4n) is 2.28. The van der Waals surface area contributed by atoms with Gasteiger partial charge in [0.25, 0.3) is 0 Å². The van der Waals surface area contributed by atoms with Crippen molar-refractivity contribution in [2.24, 2.45) is 10.9 Å². The van der Waals surface area contributed by atoms with E-state index in [2.05, 4.69) is 46.4 Å². The van der Waals surface area contributed by atoms with Crippen molar-refractivity contribution in [1.29, 1.82) is 0 Å². The van der Waals surface area contributed by atoms with Gasteiger partial charge in [-0.25, -0.2) is 0 Å². The maximum absolute atomic E-state index is 4.31. The molecule has 0 bridgehead atoms. The van der Waals surface area contributed by atoms with Crippen LogP contribution >= 0.6 is 35.7 Å². The van der Waals surface area contributed by atoms with Gasteiger partial charge in [-0.15, -0.1) is 24.0 Å². The van der Waals surface area contributed by atoms with Crippen molar-refractivity contribution < 1.29 is 0 Å². The number of hydrogen-bond acceptors (Lipinski definition) is 3. The lowest BCUT2D eigenvalue weighted by Crippen LogP contribution is -2.54. The normalized spacial score (nSPS) is 27.3. The molecule has 2 N–H and O–H groups in total. The van der Waals surface area contributed by atoms with Crippen molar-refractivity contribution in [1.82, 2.24) is 15.5 Å². The summed E-state index contributed by atoms with van der Waals surface area (Å²) in [6, 6.07) is 0. The summed E-state index contributed by atoms with van der Waals surface area (Å²) in [4.78, 5) is 6.68. The predicted molar refractivity (Wildman–Crippen MR) is 95.9 cm³/mol. The van der Waals surface area contributed by atoms with E-state index in [0.29, 0.717) is 5.54 Å². The van der Waals surface area contributed by atoms with Crippen molar-refractivity contribution in [2.45, 2.75) is 24.8 Å². The third-order valence-electron chi connectivity index (χ3n) is 4.09. The Morgan fingerprint density at radius 1 is 1.37 bits per heavy atom. The average Bonchev–Trinajstić information content (AvgIpc) is 3.05. The lowest BCUT2D eigenvalue weighted by atomic mass is 9.97. The standard InChI is InChI=1S/C13H26N4S.HI/c1-14-12(15-8-11-4-5-11)16-9-13(17(2)3)6-7-18-10-13;/h11H,4-10H2,1-3H3,(H2,14,15,16);1H. The number of nitrogens with one attached hydrogen (secondary N) is 2. The van der Waals surface area contributed by atoms with Gasteiger partial charge in [-0.1, -0.05) is 0 Å². The topological polar surface area (TPSA) is 39.7 Å². The summed E-state index contributed by atoms with van der Waals surface area (Å²) in [5, 5.41) is 6.93. The second-order valence-electron chi connectivity index (χ2n) is 5.67. The van der Waals surface area contributed by atoms with Crippen LogP contribution in [0.3, 0.4) is 0 Å². The van der Waals surface area contributed by atoms with Gasteiger partial charge in [-0.3, -0.25) is 4.99 Å². The van der Waals surface area contributed by atoms with Gasteiger partial charge in [0.2, 0.25) is 0 Å². The Morgan fingerprint density at radius 2 is 2.11 bits per heavy atom. The minimum atomic E-state index is 0. The molecule has 19 heavy (non-hydrogen) atoms. The van der Waals surface area contributed by atoms with E-state index in [1.807, 2.05) is 7.05 Å². The number of aliphatic imine (C=N–C) groups is 1. The summed E-state index contributed by atoms with van der Waals surface area (Å²) < 4.78 is 0. The zero-order valence-corrected chi connectivity index (χ0v) is 15.4. The van der Waals surface area contributed by atoms with Gasteiger partial charge in [0, 0.05) is 31.4 Å². The molecule has 1 atom stereocenters. The number of likely N-dealkylation sites (N-methyl/N-ethyl adjacent to an activating group) is 1. The van der Waals surface area contributed by atoms with Crippen LogP contribution in [0.4, 0.5) is 0 Å². The van der Waals surface area contributed by atoms with Crippen LogP contribution < -0.4 is 10.6 Å². The Balaban J connectivity index is 0.00000180. The summed E-state index contributed by atoms with van der Waals surface area (Å²) in [7, 11) is 6.23. The molecule has 0 amide bonds. The molecule has 1 saturated carbocycles. The van der Waals surface area contributed by atoms with Crippen LogP contribution in [-0.4, -0.2) is 62.1 Å². The second-order valence-corrected chi connectivity index (χ2v) is 6.78. The van der Waals surface area contributed by atoms with Crippen LogP contribution in [0.1, 0.15) is 19.3 Å². The Bertz CT molecular complexity index is 299. The molecule has 1 aliphatic heterocycles. The van der Waals surface area contributed by atoms with Crippen molar-refractivity contribution in [3.05, 3.63) is 0 Å². The summed E-state index contributed by atoms with van der Waals surface area (Å²) in [6.45, 7) is 2.06. The first-order valence-corrected chi connectivity index (χ1v) is 8.01. The molecular formula is C13H27IN4S. The van der Waals surface area contributed by atoms with Crippen molar-refractivity contribution in [3.63, 3.8) is 0 Å².